The van der Waals surface area contributed by atoms with Gasteiger partial charge in [0.2, 0.25) is 0 Å². The first-order valence-corrected chi connectivity index (χ1v) is 6.28. The smallest absolute Gasteiger partial charge is 0.250 e. The summed E-state index contributed by atoms with van der Waals surface area (Å²) in [6.45, 7) is 2.62. The summed E-state index contributed by atoms with van der Waals surface area (Å²) >= 11 is 0. The third-order valence-electron chi connectivity index (χ3n) is 3.26. The predicted molar refractivity (Wildman–Crippen MR) is 71.4 cm³/mol. The molecule has 2 rings (SSSR count). The molecule has 5 N–H and O–H groups in total. The van der Waals surface area contributed by atoms with Crippen LogP contribution in [-0.2, 0) is 4.74 Å². The van der Waals surface area contributed by atoms with Gasteiger partial charge in [-0.15, -0.1) is 0 Å². The lowest BCUT2D eigenvalue weighted by molar-refractivity contribution is 0.00293. The monoisotopic (exact) mass is 267 g/mol. The number of anilines is 2. The van der Waals surface area contributed by atoms with Crippen LogP contribution in [0.15, 0.2) is 12.1 Å². The SMILES string of the molecule is CCOC1CC(Nc2cc(C(N)=O)c(N)cc2F)C1. The first kappa shape index (κ1) is 13.6. The van der Waals surface area contributed by atoms with E-state index in [9.17, 15) is 9.18 Å². The molecule has 1 aliphatic rings. The molecule has 0 aliphatic heterocycles. The number of hydrogen-bond acceptors (Lipinski definition) is 4. The van der Waals surface area contributed by atoms with Gasteiger partial charge >= 0.3 is 0 Å². The third-order valence-corrected chi connectivity index (χ3v) is 3.26. The van der Waals surface area contributed by atoms with Crippen molar-refractivity contribution in [2.24, 2.45) is 5.73 Å². The Morgan fingerprint density at radius 2 is 2.21 bits per heavy atom. The van der Waals surface area contributed by atoms with Crippen molar-refractivity contribution in [2.75, 3.05) is 17.7 Å². The fraction of sp³-hybridized carbons (Fsp3) is 0.462. The third kappa shape index (κ3) is 2.96. The van der Waals surface area contributed by atoms with Gasteiger partial charge < -0.3 is 21.5 Å². The molecule has 6 heteroatoms. The van der Waals surface area contributed by atoms with Crippen molar-refractivity contribution in [3.05, 3.63) is 23.5 Å². The van der Waals surface area contributed by atoms with Crippen LogP contribution in [0.1, 0.15) is 30.1 Å². The van der Waals surface area contributed by atoms with Crippen LogP contribution in [0.4, 0.5) is 15.8 Å². The quantitative estimate of drug-likeness (QED) is 0.705. The van der Waals surface area contributed by atoms with Crippen LogP contribution in [0, 0.1) is 5.82 Å². The van der Waals surface area contributed by atoms with E-state index < -0.39 is 11.7 Å². The second-order valence-corrected chi connectivity index (χ2v) is 4.67. The van der Waals surface area contributed by atoms with Crippen molar-refractivity contribution in [1.82, 2.24) is 0 Å². The number of carbonyl (C=O) groups excluding carboxylic acids is 1. The number of hydrogen-bond donors (Lipinski definition) is 3. The zero-order valence-corrected chi connectivity index (χ0v) is 10.8. The molecule has 0 spiro atoms. The highest BCUT2D eigenvalue weighted by Gasteiger charge is 2.30. The van der Waals surface area contributed by atoms with E-state index in [1.807, 2.05) is 6.92 Å². The fourth-order valence-electron chi connectivity index (χ4n) is 2.19. The molecular weight excluding hydrogens is 249 g/mol. The Morgan fingerprint density at radius 3 is 2.79 bits per heavy atom. The molecule has 0 heterocycles. The summed E-state index contributed by atoms with van der Waals surface area (Å²) in [6.07, 6.45) is 1.88. The van der Waals surface area contributed by atoms with E-state index in [1.165, 1.54) is 6.07 Å². The average Bonchev–Trinajstić information content (AvgIpc) is 2.28. The van der Waals surface area contributed by atoms with Crippen molar-refractivity contribution in [3.8, 4) is 0 Å². The van der Waals surface area contributed by atoms with Crippen LogP contribution in [0.3, 0.4) is 0 Å². The van der Waals surface area contributed by atoms with Crippen molar-refractivity contribution in [3.63, 3.8) is 0 Å². The van der Waals surface area contributed by atoms with E-state index in [2.05, 4.69) is 5.32 Å². The minimum atomic E-state index is -0.665. The topological polar surface area (TPSA) is 90.4 Å². The number of ether oxygens (including phenoxy) is 1. The molecule has 1 amide bonds. The van der Waals surface area contributed by atoms with Crippen LogP contribution >= 0.6 is 0 Å². The number of primary amides is 1. The van der Waals surface area contributed by atoms with E-state index in [0.29, 0.717) is 6.61 Å². The highest BCUT2D eigenvalue weighted by molar-refractivity contribution is 5.99. The van der Waals surface area contributed by atoms with Crippen molar-refractivity contribution in [1.29, 1.82) is 0 Å². The van der Waals surface area contributed by atoms with Gasteiger partial charge in [-0.2, -0.15) is 0 Å². The maximum atomic E-state index is 13.7. The molecule has 5 nitrogen and oxygen atoms in total. The number of benzene rings is 1. The molecule has 0 saturated heterocycles. The Bertz CT molecular complexity index is 487. The second-order valence-electron chi connectivity index (χ2n) is 4.67. The molecule has 1 aromatic rings. The molecule has 104 valence electrons. The van der Waals surface area contributed by atoms with Crippen LogP contribution in [-0.4, -0.2) is 24.7 Å². The number of rotatable bonds is 5. The second kappa shape index (κ2) is 5.44. The molecular formula is C13H18FN3O2. The standard InChI is InChI=1S/C13H18FN3O2/c1-2-19-8-3-7(4-8)17-12-5-9(13(16)18)11(15)6-10(12)14/h5-8,17H,2-4,15H2,1H3,(H2,16,18). The molecule has 1 fully saturated rings. The zero-order chi connectivity index (χ0) is 14.0. The summed E-state index contributed by atoms with van der Waals surface area (Å²) in [7, 11) is 0. The van der Waals surface area contributed by atoms with Crippen LogP contribution in [0.2, 0.25) is 0 Å². The maximum absolute atomic E-state index is 13.7. The minimum absolute atomic E-state index is 0.0522. The van der Waals surface area contributed by atoms with E-state index in [-0.39, 0.29) is 29.1 Å². The molecule has 1 saturated carbocycles. The van der Waals surface area contributed by atoms with Gasteiger partial charge in [0.1, 0.15) is 5.82 Å². The highest BCUT2D eigenvalue weighted by atomic mass is 19.1. The van der Waals surface area contributed by atoms with Gasteiger partial charge in [-0.25, -0.2) is 4.39 Å². The lowest BCUT2D eigenvalue weighted by atomic mass is 9.89. The van der Waals surface area contributed by atoms with Gasteiger partial charge in [-0.05, 0) is 31.9 Å². The van der Waals surface area contributed by atoms with Gasteiger partial charge in [0, 0.05) is 18.3 Å². The summed E-state index contributed by atoms with van der Waals surface area (Å²) < 4.78 is 19.2. The first-order chi connectivity index (χ1) is 9.01. The normalized spacial score (nSPS) is 21.8. The van der Waals surface area contributed by atoms with E-state index in [4.69, 9.17) is 16.2 Å². The van der Waals surface area contributed by atoms with Gasteiger partial charge in [-0.1, -0.05) is 0 Å². The number of halogens is 1. The summed E-state index contributed by atoms with van der Waals surface area (Å²) in [5.41, 5.74) is 11.2. The van der Waals surface area contributed by atoms with Gasteiger partial charge in [0.05, 0.1) is 17.4 Å². The Hall–Kier alpha value is -1.82. The molecule has 19 heavy (non-hydrogen) atoms. The molecule has 1 aromatic carbocycles. The van der Waals surface area contributed by atoms with E-state index >= 15 is 0 Å². The lowest BCUT2D eigenvalue weighted by Crippen LogP contribution is -2.41. The van der Waals surface area contributed by atoms with Gasteiger partial charge in [0.15, 0.2) is 0 Å². The van der Waals surface area contributed by atoms with Gasteiger partial charge in [-0.3, -0.25) is 4.79 Å². The molecule has 0 radical (unpaired) electrons. The van der Waals surface area contributed by atoms with Crippen molar-refractivity contribution < 1.29 is 13.9 Å². The fourth-order valence-corrected chi connectivity index (χ4v) is 2.19. The van der Waals surface area contributed by atoms with E-state index in [0.717, 1.165) is 18.9 Å². The molecule has 0 aromatic heterocycles. The molecule has 0 bridgehead atoms. The number of amides is 1. The molecule has 1 aliphatic carbocycles. The summed E-state index contributed by atoms with van der Waals surface area (Å²) in [5.74, 6) is -1.15. The minimum Gasteiger partial charge on any atom is -0.398 e. The summed E-state index contributed by atoms with van der Waals surface area (Å²) in [5, 5.41) is 3.04. The lowest BCUT2D eigenvalue weighted by Gasteiger charge is -2.36. The van der Waals surface area contributed by atoms with Crippen LogP contribution in [0.25, 0.3) is 0 Å². The Kier molecular flexibility index (Phi) is 3.90. The van der Waals surface area contributed by atoms with Gasteiger partial charge in [0.25, 0.3) is 5.91 Å². The first-order valence-electron chi connectivity index (χ1n) is 6.28. The molecule has 0 unspecified atom stereocenters. The summed E-state index contributed by atoms with van der Waals surface area (Å²) in [6, 6.07) is 2.62. The number of nitrogens with two attached hydrogens (primary N) is 2. The molecule has 0 atom stereocenters. The van der Waals surface area contributed by atoms with Crippen LogP contribution in [0.5, 0.6) is 0 Å². The largest absolute Gasteiger partial charge is 0.398 e. The zero-order valence-electron chi connectivity index (χ0n) is 10.8. The Labute approximate surface area is 111 Å². The van der Waals surface area contributed by atoms with Crippen molar-refractivity contribution >= 4 is 17.3 Å². The average molecular weight is 267 g/mol. The Balaban J connectivity index is 2.05. The number of carbonyl (C=O) groups is 1. The summed E-state index contributed by atoms with van der Waals surface area (Å²) in [4.78, 5) is 11.2. The predicted octanol–water partition coefficient (Wildman–Crippen LogP) is 1.49. The number of nitrogen functional groups attached to an aromatic ring is 1. The Morgan fingerprint density at radius 1 is 1.53 bits per heavy atom. The highest BCUT2D eigenvalue weighted by Crippen LogP contribution is 2.29. The maximum Gasteiger partial charge on any atom is 0.250 e. The van der Waals surface area contributed by atoms with E-state index in [1.54, 1.807) is 0 Å². The van der Waals surface area contributed by atoms with Crippen LogP contribution < -0.4 is 16.8 Å². The van der Waals surface area contributed by atoms with Crippen molar-refractivity contribution in [2.45, 2.75) is 31.9 Å². The number of nitrogens with one attached hydrogen (secondary N) is 1.